The maximum Gasteiger partial charge on any atom is 0.200 e. The molecule has 0 N–H and O–H groups in total. The van der Waals surface area contributed by atoms with Crippen molar-refractivity contribution in [2.45, 2.75) is 45.4 Å². The monoisotopic (exact) mass is 660 g/mol. The Bertz CT molecular complexity index is 1380. The largest absolute Gasteiger partial charge is 0.395 e. The van der Waals surface area contributed by atoms with E-state index < -0.39 is 34.6 Å². The Morgan fingerprint density at radius 3 is 2.20 bits per heavy atom. The number of aromatic nitrogens is 1. The summed E-state index contributed by atoms with van der Waals surface area (Å²) in [5.74, 6) is -9.62. The molecule has 1 atom stereocenters. The van der Waals surface area contributed by atoms with Crippen molar-refractivity contribution < 1.29 is 42.1 Å². The maximum atomic E-state index is 14.5. The van der Waals surface area contributed by atoms with E-state index >= 15 is 0 Å². The van der Waals surface area contributed by atoms with Gasteiger partial charge < -0.3 is 4.40 Å². The van der Waals surface area contributed by atoms with Crippen molar-refractivity contribution in [3.05, 3.63) is 89.5 Å². The average Bonchev–Trinajstić information content (AvgIpc) is 3.46. The topological polar surface area (TPSA) is 4.41 Å². The van der Waals surface area contributed by atoms with Crippen LogP contribution in [0.3, 0.4) is 0 Å². The second kappa shape index (κ2) is 9.51. The standard InChI is InChI=1S/C28H22F5N.Ir/c1-16(28(2)11-4-5-12-28)21-15-19(20-10-3-6-13-34(20)21)17-8-7-9-18(14-17)22-23(29)25(31)27(33)26(32)24(22)30;/h3,6-7,9-10,13-14,16H,4-5,11-12H2,1-2H3;/q-2;. The van der Waals surface area contributed by atoms with Gasteiger partial charge in [-0.25, -0.2) is 39.6 Å². The van der Waals surface area contributed by atoms with Gasteiger partial charge in [0.1, 0.15) is 0 Å². The molecule has 1 fully saturated rings. The molecule has 2 aromatic carbocycles. The van der Waals surface area contributed by atoms with E-state index in [4.69, 9.17) is 0 Å². The summed E-state index contributed by atoms with van der Waals surface area (Å²) in [5.41, 5.74) is 2.00. The molecule has 7 heteroatoms. The first kappa shape index (κ1) is 25.6. The van der Waals surface area contributed by atoms with Crippen LogP contribution in [0.15, 0.2) is 42.6 Å². The van der Waals surface area contributed by atoms with Gasteiger partial charge in [0, 0.05) is 25.7 Å². The van der Waals surface area contributed by atoms with Crippen LogP contribution in [0.25, 0.3) is 27.8 Å². The summed E-state index contributed by atoms with van der Waals surface area (Å²) >= 11 is 0. The van der Waals surface area contributed by atoms with Gasteiger partial charge in [-0.1, -0.05) is 44.0 Å². The predicted molar refractivity (Wildman–Crippen MR) is 121 cm³/mol. The summed E-state index contributed by atoms with van der Waals surface area (Å²) in [7, 11) is 0. The Labute approximate surface area is 214 Å². The quantitative estimate of drug-likeness (QED) is 0.0900. The van der Waals surface area contributed by atoms with Crippen LogP contribution in [-0.2, 0) is 20.1 Å². The third-order valence-electron chi connectivity index (χ3n) is 7.40. The minimum atomic E-state index is -2.17. The molecule has 1 aliphatic carbocycles. The minimum absolute atomic E-state index is 0. The molecule has 1 saturated carbocycles. The molecule has 0 aliphatic heterocycles. The zero-order valence-electron chi connectivity index (χ0n) is 19.1. The van der Waals surface area contributed by atoms with Gasteiger partial charge in [0.15, 0.2) is 23.3 Å². The Hall–Kier alpha value is -2.50. The molecular weight excluding hydrogens is 638 g/mol. The molecule has 2 heterocycles. The van der Waals surface area contributed by atoms with Crippen LogP contribution in [0.5, 0.6) is 0 Å². The first-order valence-corrected chi connectivity index (χ1v) is 11.3. The van der Waals surface area contributed by atoms with E-state index in [2.05, 4.69) is 30.4 Å². The molecule has 35 heavy (non-hydrogen) atoms. The van der Waals surface area contributed by atoms with Crippen LogP contribution < -0.4 is 0 Å². The third kappa shape index (κ3) is 4.13. The van der Waals surface area contributed by atoms with Crippen LogP contribution in [0.2, 0.25) is 0 Å². The molecule has 2 aromatic heterocycles. The van der Waals surface area contributed by atoms with Crippen molar-refractivity contribution in [3.8, 4) is 22.3 Å². The molecule has 185 valence electrons. The number of pyridine rings is 1. The number of hydrogen-bond acceptors (Lipinski definition) is 0. The Morgan fingerprint density at radius 1 is 0.914 bits per heavy atom. The fourth-order valence-electron chi connectivity index (χ4n) is 5.20. The van der Waals surface area contributed by atoms with E-state index in [-0.39, 0.29) is 37.0 Å². The number of hydrogen-bond donors (Lipinski definition) is 0. The van der Waals surface area contributed by atoms with Gasteiger partial charge in [-0.15, -0.1) is 17.7 Å². The van der Waals surface area contributed by atoms with Gasteiger partial charge in [0.05, 0.1) is 0 Å². The Morgan fingerprint density at radius 2 is 1.54 bits per heavy atom. The van der Waals surface area contributed by atoms with Crippen LogP contribution in [-0.4, -0.2) is 4.40 Å². The fraction of sp³-hybridized carbons (Fsp3) is 0.286. The summed E-state index contributed by atoms with van der Waals surface area (Å²) in [6.07, 6.45) is 6.58. The SMILES string of the molecule is CC(c1[c-]c(-c2[c-]ccc(-c3c(F)c(F)c(F)c(F)c3F)c2)c2ccccn12)C1(C)CCCC1.[Ir]. The van der Waals surface area contributed by atoms with Gasteiger partial charge in [-0.2, -0.15) is 12.1 Å². The molecule has 1 nitrogen and oxygen atoms in total. The smallest absolute Gasteiger partial charge is 0.200 e. The molecule has 0 bridgehead atoms. The van der Waals surface area contributed by atoms with E-state index in [1.807, 2.05) is 24.4 Å². The average molecular weight is 660 g/mol. The Kier molecular flexibility index (Phi) is 6.95. The Balaban J connectivity index is 0.00000289. The second-order valence-corrected chi connectivity index (χ2v) is 9.36. The molecule has 0 amide bonds. The van der Waals surface area contributed by atoms with Crippen LogP contribution in [0.4, 0.5) is 22.0 Å². The van der Waals surface area contributed by atoms with Crippen molar-refractivity contribution in [2.75, 3.05) is 0 Å². The number of nitrogens with zero attached hydrogens (tertiary/aromatic N) is 1. The molecular formula is C28H22F5IrN-2. The normalized spacial score (nSPS) is 15.9. The molecule has 1 aliphatic rings. The van der Waals surface area contributed by atoms with Crippen LogP contribution in [0, 0.1) is 46.6 Å². The zero-order chi connectivity index (χ0) is 24.2. The van der Waals surface area contributed by atoms with Crippen molar-refractivity contribution in [1.82, 2.24) is 4.40 Å². The third-order valence-corrected chi connectivity index (χ3v) is 7.40. The van der Waals surface area contributed by atoms with Crippen molar-refractivity contribution in [3.63, 3.8) is 0 Å². The number of rotatable bonds is 4. The van der Waals surface area contributed by atoms with Crippen molar-refractivity contribution in [2.24, 2.45) is 5.41 Å². The van der Waals surface area contributed by atoms with E-state index in [1.54, 1.807) is 0 Å². The maximum absolute atomic E-state index is 14.5. The summed E-state index contributed by atoms with van der Waals surface area (Å²) < 4.78 is 72.1. The van der Waals surface area contributed by atoms with Crippen LogP contribution >= 0.6 is 0 Å². The minimum Gasteiger partial charge on any atom is -0.395 e. The predicted octanol–water partition coefficient (Wildman–Crippen LogP) is 8.25. The van der Waals surface area contributed by atoms with Crippen molar-refractivity contribution >= 4 is 5.52 Å². The van der Waals surface area contributed by atoms with E-state index in [9.17, 15) is 22.0 Å². The van der Waals surface area contributed by atoms with Crippen molar-refractivity contribution in [1.29, 1.82) is 0 Å². The van der Waals surface area contributed by atoms with Crippen LogP contribution in [0.1, 0.15) is 51.1 Å². The van der Waals surface area contributed by atoms with E-state index in [0.29, 0.717) is 11.1 Å². The summed E-state index contributed by atoms with van der Waals surface area (Å²) in [6, 6.07) is 16.3. The zero-order valence-corrected chi connectivity index (χ0v) is 21.5. The summed E-state index contributed by atoms with van der Waals surface area (Å²) in [4.78, 5) is 0. The van der Waals surface area contributed by atoms with Gasteiger partial charge >= 0.3 is 0 Å². The first-order valence-electron chi connectivity index (χ1n) is 11.3. The van der Waals surface area contributed by atoms with Gasteiger partial charge in [0.25, 0.3) is 0 Å². The molecule has 0 spiro atoms. The first-order chi connectivity index (χ1) is 16.2. The molecule has 4 aromatic rings. The molecule has 5 rings (SSSR count). The summed E-state index contributed by atoms with van der Waals surface area (Å²) in [6.45, 7) is 4.48. The number of fused-ring (bicyclic) bond motifs is 1. The van der Waals surface area contributed by atoms with Gasteiger partial charge in [-0.05, 0) is 36.4 Å². The number of benzene rings is 2. The fourth-order valence-corrected chi connectivity index (χ4v) is 5.20. The second-order valence-electron chi connectivity index (χ2n) is 9.36. The van der Waals surface area contributed by atoms with Gasteiger partial charge in [-0.3, -0.25) is 5.56 Å². The molecule has 1 radical (unpaired) electrons. The molecule has 0 saturated heterocycles. The summed E-state index contributed by atoms with van der Waals surface area (Å²) in [5, 5.41) is 0. The van der Waals surface area contributed by atoms with Gasteiger partial charge in [0.2, 0.25) is 5.82 Å². The van der Waals surface area contributed by atoms with E-state index in [1.165, 1.54) is 31.0 Å². The number of halogens is 5. The molecule has 1 unspecified atom stereocenters. The van der Waals surface area contributed by atoms with E-state index in [0.717, 1.165) is 24.1 Å².